The minimum absolute atomic E-state index is 0.0874. The largest absolute Gasteiger partial charge is 0.481 e. The van der Waals surface area contributed by atoms with Crippen LogP contribution in [0.5, 0.6) is 5.75 Å². The molecule has 0 bridgehead atoms. The summed E-state index contributed by atoms with van der Waals surface area (Å²) >= 11 is 0. The van der Waals surface area contributed by atoms with Crippen LogP contribution in [0, 0.1) is 5.82 Å². The van der Waals surface area contributed by atoms with Gasteiger partial charge in [0.1, 0.15) is 17.1 Å². The van der Waals surface area contributed by atoms with E-state index in [4.69, 9.17) is 14.9 Å². The zero-order chi connectivity index (χ0) is 22.2. The maximum atomic E-state index is 14.4. The standard InChI is InChI=1S/C23H23FN4O4/c24-17-12-20-18(26-22(29)13-31-20)10-14(17)3-4-27-5-7-28(8-6-27)16-1-2-19-15(9-16)11-21(32-19)23(25)30/h1-2,9-12H,3-8,13H2,(H2,25,30)(H,26,29). The number of nitrogens with one attached hydrogen (secondary N) is 1. The van der Waals surface area contributed by atoms with Gasteiger partial charge >= 0.3 is 0 Å². The molecule has 0 unspecified atom stereocenters. The lowest BCUT2D eigenvalue weighted by Crippen LogP contribution is -2.47. The van der Waals surface area contributed by atoms with Crippen molar-refractivity contribution in [1.82, 2.24) is 4.90 Å². The minimum atomic E-state index is -0.582. The molecule has 32 heavy (non-hydrogen) atoms. The molecule has 9 heteroatoms. The Bertz CT molecular complexity index is 1200. The van der Waals surface area contributed by atoms with Crippen molar-refractivity contribution < 1.29 is 23.1 Å². The van der Waals surface area contributed by atoms with E-state index in [1.807, 2.05) is 18.2 Å². The molecule has 3 N–H and O–H groups in total. The van der Waals surface area contributed by atoms with E-state index >= 15 is 0 Å². The average molecular weight is 438 g/mol. The number of piperazine rings is 1. The van der Waals surface area contributed by atoms with E-state index in [0.29, 0.717) is 29.0 Å². The van der Waals surface area contributed by atoms with Crippen molar-refractivity contribution >= 4 is 34.2 Å². The van der Waals surface area contributed by atoms with Crippen molar-refractivity contribution in [3.63, 3.8) is 0 Å². The number of fused-ring (bicyclic) bond motifs is 2. The quantitative estimate of drug-likeness (QED) is 0.634. The first-order valence-electron chi connectivity index (χ1n) is 10.5. The second-order valence-corrected chi connectivity index (χ2v) is 8.05. The molecule has 8 nitrogen and oxygen atoms in total. The van der Waals surface area contributed by atoms with Gasteiger partial charge in [-0.05, 0) is 42.3 Å². The van der Waals surface area contributed by atoms with E-state index in [-0.39, 0.29) is 24.1 Å². The maximum absolute atomic E-state index is 14.4. The zero-order valence-electron chi connectivity index (χ0n) is 17.4. The molecule has 166 valence electrons. The van der Waals surface area contributed by atoms with Crippen molar-refractivity contribution in [2.75, 3.05) is 49.5 Å². The zero-order valence-corrected chi connectivity index (χ0v) is 17.4. The van der Waals surface area contributed by atoms with Gasteiger partial charge in [0.05, 0.1) is 5.69 Å². The molecule has 0 atom stereocenters. The summed E-state index contributed by atoms with van der Waals surface area (Å²) in [5, 5.41) is 3.57. The van der Waals surface area contributed by atoms with Crippen LogP contribution in [-0.2, 0) is 11.2 Å². The smallest absolute Gasteiger partial charge is 0.284 e. The second kappa shape index (κ2) is 8.16. The Balaban J connectivity index is 1.19. The third-order valence-electron chi connectivity index (χ3n) is 5.96. The van der Waals surface area contributed by atoms with E-state index in [2.05, 4.69) is 15.1 Å². The number of hydrogen-bond acceptors (Lipinski definition) is 6. The minimum Gasteiger partial charge on any atom is -0.481 e. The van der Waals surface area contributed by atoms with Crippen LogP contribution < -0.4 is 20.7 Å². The fraction of sp³-hybridized carbons (Fsp3) is 0.304. The molecule has 1 aromatic heterocycles. The topological polar surface area (TPSA) is 101 Å². The van der Waals surface area contributed by atoms with Crippen LogP contribution in [0.3, 0.4) is 0 Å². The maximum Gasteiger partial charge on any atom is 0.284 e. The van der Waals surface area contributed by atoms with Crippen LogP contribution in [0.25, 0.3) is 11.0 Å². The van der Waals surface area contributed by atoms with Gasteiger partial charge in [0.2, 0.25) is 0 Å². The number of carbonyl (C=O) groups excluding carboxylic acids is 2. The first kappa shape index (κ1) is 20.3. The summed E-state index contributed by atoms with van der Waals surface area (Å²) in [7, 11) is 0. The molecular formula is C23H23FN4O4. The molecule has 2 amide bonds. The van der Waals surface area contributed by atoms with E-state index < -0.39 is 5.91 Å². The Morgan fingerprint density at radius 3 is 2.72 bits per heavy atom. The van der Waals surface area contributed by atoms with Gasteiger partial charge in [-0.15, -0.1) is 0 Å². The number of nitrogens with two attached hydrogens (primary N) is 1. The first-order chi connectivity index (χ1) is 15.5. The molecule has 2 aromatic carbocycles. The number of anilines is 2. The van der Waals surface area contributed by atoms with Crippen LogP contribution in [0.2, 0.25) is 0 Å². The molecule has 0 aliphatic carbocycles. The van der Waals surface area contributed by atoms with Crippen LogP contribution in [0.1, 0.15) is 16.1 Å². The number of amides is 2. The molecule has 0 saturated carbocycles. The Morgan fingerprint density at radius 2 is 1.94 bits per heavy atom. The van der Waals surface area contributed by atoms with Crippen molar-refractivity contribution in [3.05, 3.63) is 53.5 Å². The van der Waals surface area contributed by atoms with Gasteiger partial charge in [-0.25, -0.2) is 4.39 Å². The number of primary amides is 1. The lowest BCUT2D eigenvalue weighted by atomic mass is 10.1. The van der Waals surface area contributed by atoms with Crippen LogP contribution in [-0.4, -0.2) is 56.0 Å². The van der Waals surface area contributed by atoms with Crippen molar-refractivity contribution in [1.29, 1.82) is 0 Å². The SMILES string of the molecule is NC(=O)c1cc2cc(N3CCN(CCc4cc5c(cc4F)OCC(=O)N5)CC3)ccc2o1. The van der Waals surface area contributed by atoms with Crippen LogP contribution in [0.4, 0.5) is 15.8 Å². The first-order valence-corrected chi connectivity index (χ1v) is 10.5. The lowest BCUT2D eigenvalue weighted by molar-refractivity contribution is -0.118. The Hall–Kier alpha value is -3.59. The van der Waals surface area contributed by atoms with Crippen LogP contribution >= 0.6 is 0 Å². The summed E-state index contributed by atoms with van der Waals surface area (Å²) in [5.74, 6) is -0.603. The monoisotopic (exact) mass is 438 g/mol. The number of rotatable bonds is 5. The summed E-state index contributed by atoms with van der Waals surface area (Å²) in [4.78, 5) is 27.4. The van der Waals surface area contributed by atoms with Gasteiger partial charge in [0.25, 0.3) is 11.8 Å². The van der Waals surface area contributed by atoms with Gasteiger partial charge in [-0.3, -0.25) is 14.5 Å². The number of benzene rings is 2. The van der Waals surface area contributed by atoms with Gasteiger partial charge < -0.3 is 25.1 Å². The molecule has 0 spiro atoms. The number of furan rings is 1. The Kier molecular flexibility index (Phi) is 5.18. The van der Waals surface area contributed by atoms with Gasteiger partial charge in [-0.2, -0.15) is 0 Å². The fourth-order valence-corrected chi connectivity index (χ4v) is 4.20. The summed E-state index contributed by atoms with van der Waals surface area (Å²) in [6.45, 7) is 4.01. The average Bonchev–Trinajstić information content (AvgIpc) is 3.22. The van der Waals surface area contributed by atoms with Gasteiger partial charge in [-0.1, -0.05) is 0 Å². The highest BCUT2D eigenvalue weighted by molar-refractivity contribution is 5.96. The Labute approximate surface area is 183 Å². The normalized spacial score (nSPS) is 16.5. The molecule has 2 aliphatic rings. The summed E-state index contributed by atoms with van der Waals surface area (Å²) in [6, 6.07) is 10.5. The van der Waals surface area contributed by atoms with Crippen molar-refractivity contribution in [2.45, 2.75) is 6.42 Å². The summed E-state index contributed by atoms with van der Waals surface area (Å²) in [5.41, 5.74) is 8.08. The van der Waals surface area contributed by atoms with E-state index in [9.17, 15) is 14.0 Å². The predicted molar refractivity (Wildman–Crippen MR) is 118 cm³/mol. The molecule has 5 rings (SSSR count). The molecule has 0 radical (unpaired) electrons. The second-order valence-electron chi connectivity index (χ2n) is 8.05. The molecule has 1 fully saturated rings. The molecule has 2 aliphatic heterocycles. The lowest BCUT2D eigenvalue weighted by Gasteiger charge is -2.36. The number of carbonyl (C=O) groups is 2. The highest BCUT2D eigenvalue weighted by atomic mass is 19.1. The summed E-state index contributed by atoms with van der Waals surface area (Å²) < 4.78 is 25.1. The van der Waals surface area contributed by atoms with Gasteiger partial charge in [0, 0.05) is 49.9 Å². The molecule has 1 saturated heterocycles. The molecule has 3 aromatic rings. The van der Waals surface area contributed by atoms with Crippen molar-refractivity contribution in [3.8, 4) is 5.75 Å². The Morgan fingerprint density at radius 1 is 1.12 bits per heavy atom. The van der Waals surface area contributed by atoms with Crippen molar-refractivity contribution in [2.24, 2.45) is 5.73 Å². The van der Waals surface area contributed by atoms with E-state index in [1.54, 1.807) is 12.1 Å². The molecular weight excluding hydrogens is 415 g/mol. The van der Waals surface area contributed by atoms with E-state index in [0.717, 1.165) is 43.8 Å². The number of hydrogen-bond donors (Lipinski definition) is 2. The third-order valence-corrected chi connectivity index (χ3v) is 5.96. The number of halogens is 1. The molecule has 3 heterocycles. The summed E-state index contributed by atoms with van der Waals surface area (Å²) in [6.07, 6.45) is 0.547. The van der Waals surface area contributed by atoms with Crippen LogP contribution in [0.15, 0.2) is 40.8 Å². The number of ether oxygens (including phenoxy) is 1. The van der Waals surface area contributed by atoms with Gasteiger partial charge in [0.15, 0.2) is 12.4 Å². The fourth-order valence-electron chi connectivity index (χ4n) is 4.20. The van der Waals surface area contributed by atoms with E-state index in [1.165, 1.54) is 6.07 Å². The highest BCUT2D eigenvalue weighted by Gasteiger charge is 2.21. The highest BCUT2D eigenvalue weighted by Crippen LogP contribution is 2.31. The third kappa shape index (κ3) is 3.99. The predicted octanol–water partition coefficient (Wildman–Crippen LogP) is 2.37. The number of nitrogens with zero attached hydrogens (tertiary/aromatic N) is 2.